The number of hydrogen-bond acceptors (Lipinski definition) is 5. The van der Waals surface area contributed by atoms with Gasteiger partial charge in [0.15, 0.2) is 0 Å². The summed E-state index contributed by atoms with van der Waals surface area (Å²) in [4.78, 5) is 31.4. The summed E-state index contributed by atoms with van der Waals surface area (Å²) in [7, 11) is 0. The number of carbonyl (C=O) groups excluding carboxylic acids is 2. The highest BCUT2D eigenvalue weighted by atomic mass is 35.5. The first-order valence-corrected chi connectivity index (χ1v) is 8.93. The molecule has 2 N–H and O–H groups in total. The Morgan fingerprint density at radius 3 is 2.81 bits per heavy atom. The molecule has 9 heteroatoms. The number of ether oxygens (including phenoxy) is 1. The van der Waals surface area contributed by atoms with Crippen LogP contribution < -0.4 is 10.6 Å². The standard InChI is InChI=1S/C18H26N4O3.2ClH/c1-12-5-3-7-15(20-12)21-17(23)14-6-4-9-22(11-14)18(24)16-13(2)25-10-8-19-16;;/h3,5,7,13-14,16,19H,4,6,8-11H2,1-2H3,(H,20,21,23);2*1H/t13-,14?,16+;;/m1../s1. The molecule has 1 aromatic rings. The Balaban J connectivity index is 0.00000182. The monoisotopic (exact) mass is 418 g/mol. The second-order valence-corrected chi connectivity index (χ2v) is 6.78. The third-order valence-corrected chi connectivity index (χ3v) is 4.83. The average Bonchev–Trinajstić information content (AvgIpc) is 2.62. The SMILES string of the molecule is Cc1cccc(NC(=O)C2CCCN(C(=O)[C@H]3NCCO[C@@H]3C)C2)n1.Cl.Cl. The zero-order valence-corrected chi connectivity index (χ0v) is 17.3. The Bertz CT molecular complexity index is 647. The van der Waals surface area contributed by atoms with Gasteiger partial charge in [-0.15, -0.1) is 24.8 Å². The first-order chi connectivity index (χ1) is 12.0. The van der Waals surface area contributed by atoms with Gasteiger partial charge in [-0.1, -0.05) is 6.07 Å². The van der Waals surface area contributed by atoms with Gasteiger partial charge in [0.1, 0.15) is 11.9 Å². The number of halogens is 2. The number of nitrogens with one attached hydrogen (secondary N) is 2. The van der Waals surface area contributed by atoms with Crippen LogP contribution in [0.25, 0.3) is 0 Å². The molecule has 2 amide bonds. The van der Waals surface area contributed by atoms with Crippen LogP contribution in [0.2, 0.25) is 0 Å². The number of aryl methyl sites for hydroxylation is 1. The number of piperidine rings is 1. The van der Waals surface area contributed by atoms with Gasteiger partial charge in [0.25, 0.3) is 0 Å². The zero-order chi connectivity index (χ0) is 17.8. The van der Waals surface area contributed by atoms with Gasteiger partial charge in [0.2, 0.25) is 11.8 Å². The summed E-state index contributed by atoms with van der Waals surface area (Å²) in [6, 6.07) is 5.21. The number of likely N-dealkylation sites (tertiary alicyclic amines) is 1. The van der Waals surface area contributed by atoms with Crippen LogP contribution in [0.5, 0.6) is 0 Å². The van der Waals surface area contributed by atoms with E-state index in [1.54, 1.807) is 11.0 Å². The summed E-state index contributed by atoms with van der Waals surface area (Å²) in [5.74, 6) is 0.305. The maximum atomic E-state index is 12.8. The van der Waals surface area contributed by atoms with E-state index < -0.39 is 0 Å². The minimum atomic E-state index is -0.325. The fraction of sp³-hybridized carbons (Fsp3) is 0.611. The Labute approximate surface area is 172 Å². The maximum absolute atomic E-state index is 12.8. The number of nitrogens with zero attached hydrogens (tertiary/aromatic N) is 2. The molecule has 1 unspecified atom stereocenters. The van der Waals surface area contributed by atoms with Crippen molar-refractivity contribution < 1.29 is 14.3 Å². The molecule has 0 aliphatic carbocycles. The molecule has 0 radical (unpaired) electrons. The van der Waals surface area contributed by atoms with E-state index in [-0.39, 0.29) is 54.7 Å². The molecule has 0 bridgehead atoms. The second-order valence-electron chi connectivity index (χ2n) is 6.78. The number of hydrogen-bond donors (Lipinski definition) is 2. The van der Waals surface area contributed by atoms with Crippen LogP contribution in [-0.2, 0) is 14.3 Å². The van der Waals surface area contributed by atoms with Crippen molar-refractivity contribution in [2.45, 2.75) is 38.8 Å². The van der Waals surface area contributed by atoms with Crippen LogP contribution >= 0.6 is 24.8 Å². The van der Waals surface area contributed by atoms with Crippen molar-refractivity contribution in [2.75, 3.05) is 31.6 Å². The third kappa shape index (κ3) is 6.04. The smallest absolute Gasteiger partial charge is 0.242 e. The molecule has 1 aromatic heterocycles. The van der Waals surface area contributed by atoms with Gasteiger partial charge in [0.05, 0.1) is 18.6 Å². The van der Waals surface area contributed by atoms with Gasteiger partial charge in [0, 0.05) is 25.3 Å². The van der Waals surface area contributed by atoms with Gasteiger partial charge in [-0.25, -0.2) is 4.98 Å². The fourth-order valence-corrected chi connectivity index (χ4v) is 3.44. The molecule has 0 aromatic carbocycles. The van der Waals surface area contributed by atoms with Crippen molar-refractivity contribution in [3.05, 3.63) is 23.9 Å². The molecule has 2 saturated heterocycles. The Hall–Kier alpha value is -1.41. The second kappa shape index (κ2) is 10.8. The topological polar surface area (TPSA) is 83.6 Å². The van der Waals surface area contributed by atoms with E-state index in [0.717, 1.165) is 18.5 Å². The van der Waals surface area contributed by atoms with Crippen molar-refractivity contribution in [1.29, 1.82) is 0 Å². The fourth-order valence-electron chi connectivity index (χ4n) is 3.44. The van der Waals surface area contributed by atoms with Crippen LogP contribution in [0.4, 0.5) is 5.82 Å². The molecule has 2 aliphatic heterocycles. The molecule has 7 nitrogen and oxygen atoms in total. The van der Waals surface area contributed by atoms with E-state index in [2.05, 4.69) is 15.6 Å². The first-order valence-electron chi connectivity index (χ1n) is 8.93. The molecule has 3 rings (SSSR count). The van der Waals surface area contributed by atoms with Crippen molar-refractivity contribution in [3.8, 4) is 0 Å². The normalized spacial score (nSPS) is 25.0. The van der Waals surface area contributed by atoms with Crippen molar-refractivity contribution in [3.63, 3.8) is 0 Å². The van der Waals surface area contributed by atoms with E-state index in [0.29, 0.717) is 32.1 Å². The lowest BCUT2D eigenvalue weighted by atomic mass is 9.96. The largest absolute Gasteiger partial charge is 0.375 e. The predicted octanol–water partition coefficient (Wildman–Crippen LogP) is 1.79. The van der Waals surface area contributed by atoms with Crippen LogP contribution in [0.1, 0.15) is 25.5 Å². The lowest BCUT2D eigenvalue weighted by Crippen LogP contribution is -2.58. The Kier molecular flexibility index (Phi) is 9.45. The highest BCUT2D eigenvalue weighted by Gasteiger charge is 2.35. The summed E-state index contributed by atoms with van der Waals surface area (Å²) in [5.41, 5.74) is 0.857. The minimum Gasteiger partial charge on any atom is -0.375 e. The molecule has 2 fully saturated rings. The van der Waals surface area contributed by atoms with Gasteiger partial charge < -0.3 is 20.3 Å². The van der Waals surface area contributed by atoms with E-state index in [1.165, 1.54) is 0 Å². The van der Waals surface area contributed by atoms with E-state index in [4.69, 9.17) is 4.74 Å². The first kappa shape index (κ1) is 23.6. The number of carbonyl (C=O) groups is 2. The van der Waals surface area contributed by atoms with Crippen LogP contribution in [-0.4, -0.2) is 60.1 Å². The number of pyridine rings is 1. The Morgan fingerprint density at radius 2 is 2.11 bits per heavy atom. The summed E-state index contributed by atoms with van der Waals surface area (Å²) in [6.45, 7) is 6.23. The van der Waals surface area contributed by atoms with Crippen molar-refractivity contribution in [2.24, 2.45) is 5.92 Å². The molecule has 3 heterocycles. The molecule has 3 atom stereocenters. The number of rotatable bonds is 3. The maximum Gasteiger partial charge on any atom is 0.242 e. The number of anilines is 1. The number of aromatic nitrogens is 1. The highest BCUT2D eigenvalue weighted by Crippen LogP contribution is 2.20. The summed E-state index contributed by atoms with van der Waals surface area (Å²) < 4.78 is 5.57. The summed E-state index contributed by atoms with van der Waals surface area (Å²) in [6.07, 6.45) is 1.46. The van der Waals surface area contributed by atoms with Gasteiger partial charge in [-0.05, 0) is 38.8 Å². The summed E-state index contributed by atoms with van der Waals surface area (Å²) in [5, 5.41) is 6.10. The van der Waals surface area contributed by atoms with E-state index in [9.17, 15) is 9.59 Å². The van der Waals surface area contributed by atoms with Crippen molar-refractivity contribution >= 4 is 42.4 Å². The zero-order valence-electron chi connectivity index (χ0n) is 15.6. The third-order valence-electron chi connectivity index (χ3n) is 4.83. The average molecular weight is 419 g/mol. The van der Waals surface area contributed by atoms with Gasteiger partial charge in [-0.3, -0.25) is 9.59 Å². The Morgan fingerprint density at radius 1 is 1.33 bits per heavy atom. The quantitative estimate of drug-likeness (QED) is 0.781. The van der Waals surface area contributed by atoms with E-state index >= 15 is 0 Å². The van der Waals surface area contributed by atoms with Crippen molar-refractivity contribution in [1.82, 2.24) is 15.2 Å². The summed E-state index contributed by atoms with van der Waals surface area (Å²) >= 11 is 0. The van der Waals surface area contributed by atoms with Crippen LogP contribution in [0.3, 0.4) is 0 Å². The van der Waals surface area contributed by atoms with Crippen LogP contribution in [0, 0.1) is 12.8 Å². The number of morpholine rings is 1. The molecule has 27 heavy (non-hydrogen) atoms. The molecular formula is C18H28Cl2N4O3. The molecule has 0 spiro atoms. The number of amides is 2. The van der Waals surface area contributed by atoms with Crippen LogP contribution in [0.15, 0.2) is 18.2 Å². The van der Waals surface area contributed by atoms with E-state index in [1.807, 2.05) is 26.0 Å². The predicted molar refractivity (Wildman–Crippen MR) is 109 cm³/mol. The minimum absolute atomic E-state index is 0. The molecular weight excluding hydrogens is 391 g/mol. The molecule has 2 aliphatic rings. The highest BCUT2D eigenvalue weighted by molar-refractivity contribution is 5.92. The lowest BCUT2D eigenvalue weighted by Gasteiger charge is -2.37. The lowest BCUT2D eigenvalue weighted by molar-refractivity contribution is -0.142. The van der Waals surface area contributed by atoms with Gasteiger partial charge in [-0.2, -0.15) is 0 Å². The molecule has 0 saturated carbocycles. The van der Waals surface area contributed by atoms with Gasteiger partial charge >= 0.3 is 0 Å². The molecule has 152 valence electrons.